The van der Waals surface area contributed by atoms with Crippen molar-refractivity contribution in [3.63, 3.8) is 0 Å². The summed E-state index contributed by atoms with van der Waals surface area (Å²) in [5.41, 5.74) is -0.658. The predicted molar refractivity (Wildman–Crippen MR) is 150 cm³/mol. The highest BCUT2D eigenvalue weighted by Gasteiger charge is 2.45. The molecule has 0 bridgehead atoms. The number of allylic oxidation sites excluding steroid dienone is 3. The number of alkyl halides is 1. The average Bonchev–Trinajstić information content (AvgIpc) is 3.65. The van der Waals surface area contributed by atoms with Crippen molar-refractivity contribution in [3.8, 4) is 0 Å². The van der Waals surface area contributed by atoms with Gasteiger partial charge in [-0.2, -0.15) is 0 Å². The number of halogens is 1. The van der Waals surface area contributed by atoms with Crippen LogP contribution in [0.2, 0.25) is 0 Å². The molecule has 0 spiro atoms. The van der Waals surface area contributed by atoms with Crippen LogP contribution in [0.3, 0.4) is 0 Å². The topological polar surface area (TPSA) is 126 Å². The summed E-state index contributed by atoms with van der Waals surface area (Å²) in [5.74, 6) is -1.48. The van der Waals surface area contributed by atoms with E-state index in [0.29, 0.717) is 6.42 Å². The van der Waals surface area contributed by atoms with E-state index in [4.69, 9.17) is 25.8 Å². The van der Waals surface area contributed by atoms with Gasteiger partial charge >= 0.3 is 11.9 Å². The van der Waals surface area contributed by atoms with Crippen LogP contribution in [-0.4, -0.2) is 75.4 Å². The maximum atomic E-state index is 12.6. The van der Waals surface area contributed by atoms with Crippen molar-refractivity contribution in [2.75, 3.05) is 5.88 Å². The second-order valence-electron chi connectivity index (χ2n) is 11.4. The molecule has 8 nitrogen and oxygen atoms in total. The highest BCUT2D eigenvalue weighted by atomic mass is 35.5. The molecule has 39 heavy (non-hydrogen) atoms. The summed E-state index contributed by atoms with van der Waals surface area (Å²) in [7, 11) is 0. The lowest BCUT2D eigenvalue weighted by atomic mass is 9.88. The number of epoxide rings is 1. The highest BCUT2D eigenvalue weighted by Crippen LogP contribution is 2.36. The van der Waals surface area contributed by atoms with Crippen LogP contribution in [0.1, 0.15) is 73.6 Å². The van der Waals surface area contributed by atoms with E-state index in [1.807, 2.05) is 39.8 Å². The van der Waals surface area contributed by atoms with E-state index in [2.05, 4.69) is 13.0 Å². The molecule has 0 aliphatic carbocycles. The number of rotatable bonds is 10. The first-order valence-corrected chi connectivity index (χ1v) is 14.5. The molecule has 0 aromatic heterocycles. The van der Waals surface area contributed by atoms with Crippen LogP contribution in [-0.2, 0) is 23.8 Å². The number of hydrogen-bond acceptors (Lipinski definition) is 8. The summed E-state index contributed by atoms with van der Waals surface area (Å²) < 4.78 is 17.0. The van der Waals surface area contributed by atoms with E-state index < -0.39 is 35.9 Å². The second-order valence-corrected chi connectivity index (χ2v) is 11.7. The van der Waals surface area contributed by atoms with Gasteiger partial charge in [0.15, 0.2) is 0 Å². The van der Waals surface area contributed by atoms with Gasteiger partial charge < -0.3 is 29.5 Å². The minimum atomic E-state index is -1.46. The Morgan fingerprint density at radius 2 is 2.03 bits per heavy atom. The first-order chi connectivity index (χ1) is 18.3. The maximum Gasteiger partial charge on any atom is 0.321 e. The smallest absolute Gasteiger partial charge is 0.321 e. The number of carbonyl (C=O) groups is 2. The van der Waals surface area contributed by atoms with Gasteiger partial charge in [0.05, 0.1) is 30.8 Å². The van der Waals surface area contributed by atoms with Crippen molar-refractivity contribution >= 4 is 23.5 Å². The third kappa shape index (κ3) is 10.7. The van der Waals surface area contributed by atoms with Gasteiger partial charge in [0.1, 0.15) is 23.7 Å². The fourth-order valence-corrected chi connectivity index (χ4v) is 5.02. The number of esters is 2. The van der Waals surface area contributed by atoms with Crippen LogP contribution in [0.5, 0.6) is 0 Å². The number of ether oxygens (including phenoxy) is 3. The van der Waals surface area contributed by atoms with Crippen LogP contribution in [0.25, 0.3) is 0 Å². The first-order valence-electron chi connectivity index (χ1n) is 14.0. The van der Waals surface area contributed by atoms with Crippen LogP contribution < -0.4 is 0 Å². The van der Waals surface area contributed by atoms with E-state index in [-0.39, 0.29) is 61.2 Å². The van der Waals surface area contributed by atoms with Gasteiger partial charge in [0.2, 0.25) is 0 Å². The Balaban J connectivity index is 2.14. The lowest BCUT2D eigenvalue weighted by Gasteiger charge is -2.32. The molecule has 10 unspecified atom stereocenters. The third-order valence-electron chi connectivity index (χ3n) is 7.71. The Morgan fingerprint density at radius 1 is 1.33 bits per heavy atom. The molecular formula is C30H47ClO8. The molecular weight excluding hydrogens is 524 g/mol. The zero-order valence-corrected chi connectivity index (χ0v) is 24.8. The van der Waals surface area contributed by atoms with Gasteiger partial charge in [-0.3, -0.25) is 9.59 Å². The first kappa shape index (κ1) is 33.5. The Kier molecular flexibility index (Phi) is 13.2. The highest BCUT2D eigenvalue weighted by molar-refractivity contribution is 6.26. The van der Waals surface area contributed by atoms with E-state index in [9.17, 15) is 24.9 Å². The average molecular weight is 571 g/mol. The van der Waals surface area contributed by atoms with Crippen molar-refractivity contribution in [1.29, 1.82) is 0 Å². The summed E-state index contributed by atoms with van der Waals surface area (Å²) in [6, 6.07) is 0. The number of aliphatic hydroxyl groups is 3. The summed E-state index contributed by atoms with van der Waals surface area (Å²) in [6.45, 7) is 11.4. The molecule has 0 aromatic rings. The lowest BCUT2D eigenvalue weighted by Crippen LogP contribution is -2.42. The normalized spacial score (nSPS) is 35.7. The summed E-state index contributed by atoms with van der Waals surface area (Å²) in [5, 5.41) is 31.4. The second kappa shape index (κ2) is 15.3. The lowest BCUT2D eigenvalue weighted by molar-refractivity contribution is -0.156. The number of cyclic esters (lactones) is 1. The zero-order valence-electron chi connectivity index (χ0n) is 24.1. The van der Waals surface area contributed by atoms with Crippen molar-refractivity contribution < 1.29 is 39.1 Å². The summed E-state index contributed by atoms with van der Waals surface area (Å²) >= 11 is 5.61. The minimum absolute atomic E-state index is 0.0972. The van der Waals surface area contributed by atoms with Crippen LogP contribution in [0.4, 0.5) is 0 Å². The van der Waals surface area contributed by atoms with Gasteiger partial charge in [0.25, 0.3) is 0 Å². The molecule has 9 heteroatoms. The summed E-state index contributed by atoms with van der Waals surface area (Å²) in [4.78, 5) is 24.5. The molecule has 2 rings (SSSR count). The summed E-state index contributed by atoms with van der Waals surface area (Å²) in [6.07, 6.45) is 8.15. The Hall–Kier alpha value is -1.71. The monoisotopic (exact) mass is 570 g/mol. The van der Waals surface area contributed by atoms with Gasteiger partial charge in [0, 0.05) is 11.8 Å². The Bertz CT molecular complexity index is 897. The zero-order chi connectivity index (χ0) is 29.3. The quantitative estimate of drug-likeness (QED) is 0.117. The third-order valence-corrected chi connectivity index (χ3v) is 7.93. The van der Waals surface area contributed by atoms with E-state index in [1.54, 1.807) is 12.2 Å². The fraction of sp³-hybridized carbons (Fsp3) is 0.733. The molecule has 0 aromatic carbocycles. The van der Waals surface area contributed by atoms with Gasteiger partial charge in [-0.05, 0) is 57.1 Å². The van der Waals surface area contributed by atoms with Gasteiger partial charge in [-0.1, -0.05) is 52.0 Å². The minimum Gasteiger partial charge on any atom is -0.457 e. The molecule has 1 saturated heterocycles. The van der Waals surface area contributed by atoms with Crippen molar-refractivity contribution in [1.82, 2.24) is 0 Å². The molecule has 2 aliphatic heterocycles. The van der Waals surface area contributed by atoms with Crippen LogP contribution in [0, 0.1) is 17.8 Å². The van der Waals surface area contributed by atoms with Gasteiger partial charge in [-0.25, -0.2) is 0 Å². The molecule has 2 heterocycles. The predicted octanol–water partition coefficient (Wildman–Crippen LogP) is 4.24. The van der Waals surface area contributed by atoms with Crippen molar-refractivity contribution in [2.24, 2.45) is 17.8 Å². The number of carbonyl (C=O) groups excluding carboxylic acids is 2. The van der Waals surface area contributed by atoms with E-state index in [0.717, 1.165) is 12.0 Å². The Morgan fingerprint density at radius 3 is 2.67 bits per heavy atom. The van der Waals surface area contributed by atoms with Crippen molar-refractivity contribution in [2.45, 2.75) is 116 Å². The Labute approximate surface area is 238 Å². The SMILES string of the molecule is CCC(O)C(C)C1OC1CC(C)/C=C/C=C(\C)C1OC(=O)CC(O)CCC(C)(O)C(OC(=O)CCl)/C=C/C1C. The van der Waals surface area contributed by atoms with E-state index in [1.165, 1.54) is 6.92 Å². The fourth-order valence-electron chi connectivity index (χ4n) is 4.96. The van der Waals surface area contributed by atoms with Crippen molar-refractivity contribution in [3.05, 3.63) is 36.0 Å². The largest absolute Gasteiger partial charge is 0.457 e. The molecule has 10 atom stereocenters. The van der Waals surface area contributed by atoms with Crippen LogP contribution >= 0.6 is 11.6 Å². The molecule has 1 fully saturated rings. The van der Waals surface area contributed by atoms with Crippen LogP contribution in [0.15, 0.2) is 36.0 Å². The number of hydrogen-bond donors (Lipinski definition) is 3. The van der Waals surface area contributed by atoms with E-state index >= 15 is 0 Å². The standard InChI is InChI=1S/C30H47ClO8/c1-7-23(33)21(5)29-24(37-29)15-18(2)9-8-10-19(3)28-20(4)11-12-25(38-27(35)17-31)30(6,36)14-13-22(32)16-26(34)39-28/h8-12,18,20-25,28-29,32-33,36H,7,13-17H2,1-6H3/b9-8+,12-11+,19-10+. The molecule has 3 N–H and O–H groups in total. The molecule has 222 valence electrons. The van der Waals surface area contributed by atoms with Gasteiger partial charge in [-0.15, -0.1) is 11.6 Å². The maximum absolute atomic E-state index is 12.6. The molecule has 0 radical (unpaired) electrons. The number of aliphatic hydroxyl groups excluding tert-OH is 2. The molecule has 0 amide bonds. The molecule has 0 saturated carbocycles. The molecule has 2 aliphatic rings.